The van der Waals surface area contributed by atoms with Crippen LogP contribution in [0.5, 0.6) is 0 Å². The van der Waals surface area contributed by atoms with Crippen LogP contribution in [0, 0.1) is 5.82 Å². The maximum absolute atomic E-state index is 13.8. The van der Waals surface area contributed by atoms with E-state index in [1.54, 1.807) is 12.1 Å². The first kappa shape index (κ1) is 15.4. The number of nitrogens with zero attached hydrogens (tertiary/aromatic N) is 1. The maximum atomic E-state index is 13.8. The highest BCUT2D eigenvalue weighted by atomic mass is 35.5. The Morgan fingerprint density at radius 3 is 2.56 bits per heavy atom. The lowest BCUT2D eigenvalue weighted by Crippen LogP contribution is -2.51. The van der Waals surface area contributed by atoms with Gasteiger partial charge in [0.1, 0.15) is 5.82 Å². The zero-order valence-corrected chi connectivity index (χ0v) is 12.1. The minimum Gasteiger partial charge on any atom is -0.391 e. The van der Waals surface area contributed by atoms with Crippen LogP contribution in [0.4, 0.5) is 4.39 Å². The highest BCUT2D eigenvalue weighted by Gasteiger charge is 2.33. The van der Waals surface area contributed by atoms with Crippen LogP contribution in [0.2, 0.25) is 5.02 Å². The fourth-order valence-corrected chi connectivity index (χ4v) is 2.18. The second kappa shape index (κ2) is 6.00. The van der Waals surface area contributed by atoms with Gasteiger partial charge >= 0.3 is 0 Å². The standard InChI is InChI=1S/C14H21ClFNO/c1-5-14(2,17(3)4)12(18)9-10-7-6-8-11(15)13(10)16/h6-8,12,18H,5,9H2,1-4H3. The number of rotatable bonds is 5. The molecule has 2 unspecified atom stereocenters. The average Bonchev–Trinajstić information content (AvgIpc) is 2.33. The summed E-state index contributed by atoms with van der Waals surface area (Å²) in [5.41, 5.74) is 0.0749. The van der Waals surface area contributed by atoms with Gasteiger partial charge in [-0.2, -0.15) is 0 Å². The summed E-state index contributed by atoms with van der Waals surface area (Å²) in [6.07, 6.45) is 0.392. The molecule has 0 aliphatic heterocycles. The van der Waals surface area contributed by atoms with E-state index in [9.17, 15) is 9.50 Å². The van der Waals surface area contributed by atoms with E-state index in [1.807, 2.05) is 32.8 Å². The van der Waals surface area contributed by atoms with E-state index in [2.05, 4.69) is 0 Å². The molecule has 1 aromatic rings. The number of halogens is 2. The summed E-state index contributed by atoms with van der Waals surface area (Å²) < 4.78 is 13.8. The third-order valence-corrected chi connectivity index (χ3v) is 4.19. The molecule has 2 atom stereocenters. The van der Waals surface area contributed by atoms with Gasteiger partial charge in [-0.15, -0.1) is 0 Å². The summed E-state index contributed by atoms with van der Waals surface area (Å²) in [7, 11) is 3.84. The molecule has 0 aliphatic rings. The van der Waals surface area contributed by atoms with Crippen molar-refractivity contribution in [1.29, 1.82) is 0 Å². The molecule has 0 saturated heterocycles. The molecule has 1 aromatic carbocycles. The molecule has 0 aromatic heterocycles. The molecule has 0 radical (unpaired) electrons. The molecule has 1 N–H and O–H groups in total. The van der Waals surface area contributed by atoms with Gasteiger partial charge in [0.2, 0.25) is 0 Å². The molecule has 18 heavy (non-hydrogen) atoms. The second-order valence-electron chi connectivity index (χ2n) is 5.04. The Hall–Kier alpha value is -0.640. The maximum Gasteiger partial charge on any atom is 0.145 e. The number of hydrogen-bond donors (Lipinski definition) is 1. The number of aliphatic hydroxyl groups excluding tert-OH is 1. The summed E-state index contributed by atoms with van der Waals surface area (Å²) in [4.78, 5) is 1.97. The van der Waals surface area contributed by atoms with Crippen LogP contribution in [-0.2, 0) is 6.42 Å². The van der Waals surface area contributed by atoms with Gasteiger partial charge in [0.15, 0.2) is 0 Å². The van der Waals surface area contributed by atoms with Crippen molar-refractivity contribution >= 4 is 11.6 Å². The minimum atomic E-state index is -0.648. The quantitative estimate of drug-likeness (QED) is 0.891. The van der Waals surface area contributed by atoms with Crippen LogP contribution in [0.15, 0.2) is 18.2 Å². The van der Waals surface area contributed by atoms with Gasteiger partial charge < -0.3 is 10.0 Å². The lowest BCUT2D eigenvalue weighted by molar-refractivity contribution is 0.00257. The van der Waals surface area contributed by atoms with Gasteiger partial charge in [0, 0.05) is 12.0 Å². The van der Waals surface area contributed by atoms with E-state index in [-0.39, 0.29) is 17.0 Å². The largest absolute Gasteiger partial charge is 0.391 e. The summed E-state index contributed by atoms with van der Waals surface area (Å²) in [5, 5.41) is 10.5. The van der Waals surface area contributed by atoms with Crippen molar-refractivity contribution in [3.05, 3.63) is 34.6 Å². The monoisotopic (exact) mass is 273 g/mol. The molecule has 0 saturated carbocycles. The first-order chi connectivity index (χ1) is 8.32. The summed E-state index contributed by atoms with van der Waals surface area (Å²) in [6, 6.07) is 4.88. The van der Waals surface area contributed by atoms with E-state index in [4.69, 9.17) is 11.6 Å². The van der Waals surface area contributed by atoms with Crippen molar-refractivity contribution in [2.75, 3.05) is 14.1 Å². The number of hydrogen-bond acceptors (Lipinski definition) is 2. The fraction of sp³-hybridized carbons (Fsp3) is 0.571. The van der Waals surface area contributed by atoms with Crippen LogP contribution < -0.4 is 0 Å². The van der Waals surface area contributed by atoms with Crippen molar-refractivity contribution in [3.63, 3.8) is 0 Å². The smallest absolute Gasteiger partial charge is 0.145 e. The van der Waals surface area contributed by atoms with Crippen molar-refractivity contribution in [2.24, 2.45) is 0 Å². The number of likely N-dealkylation sites (N-methyl/N-ethyl adjacent to an activating group) is 1. The third kappa shape index (κ3) is 3.02. The predicted molar refractivity (Wildman–Crippen MR) is 73.5 cm³/mol. The first-order valence-electron chi connectivity index (χ1n) is 6.11. The topological polar surface area (TPSA) is 23.5 Å². The van der Waals surface area contributed by atoms with Crippen LogP contribution in [-0.4, -0.2) is 35.7 Å². The second-order valence-corrected chi connectivity index (χ2v) is 5.45. The summed E-state index contributed by atoms with van der Waals surface area (Å²) in [6.45, 7) is 3.98. The zero-order chi connectivity index (χ0) is 13.9. The van der Waals surface area contributed by atoms with E-state index >= 15 is 0 Å². The van der Waals surface area contributed by atoms with E-state index in [1.165, 1.54) is 6.07 Å². The third-order valence-electron chi connectivity index (χ3n) is 3.90. The molecule has 0 fully saturated rings. The zero-order valence-electron chi connectivity index (χ0n) is 11.4. The Morgan fingerprint density at radius 1 is 1.44 bits per heavy atom. The van der Waals surface area contributed by atoms with E-state index in [0.717, 1.165) is 6.42 Å². The molecule has 0 bridgehead atoms. The first-order valence-corrected chi connectivity index (χ1v) is 6.49. The molecule has 2 nitrogen and oxygen atoms in total. The molecule has 1 rings (SSSR count). The van der Waals surface area contributed by atoms with Crippen molar-refractivity contribution < 1.29 is 9.50 Å². The van der Waals surface area contributed by atoms with Gasteiger partial charge in [0.25, 0.3) is 0 Å². The van der Waals surface area contributed by atoms with Gasteiger partial charge in [-0.25, -0.2) is 4.39 Å². The number of aliphatic hydroxyl groups is 1. The fourth-order valence-electron chi connectivity index (χ4n) is 1.98. The van der Waals surface area contributed by atoms with Gasteiger partial charge in [-0.1, -0.05) is 30.7 Å². The Balaban J connectivity index is 2.93. The highest BCUT2D eigenvalue weighted by Crippen LogP contribution is 2.26. The summed E-state index contributed by atoms with van der Waals surface area (Å²) >= 11 is 5.74. The van der Waals surface area contributed by atoms with Crippen LogP contribution in [0.1, 0.15) is 25.8 Å². The van der Waals surface area contributed by atoms with Crippen molar-refractivity contribution in [1.82, 2.24) is 4.90 Å². The van der Waals surface area contributed by atoms with E-state index < -0.39 is 11.9 Å². The van der Waals surface area contributed by atoms with Crippen molar-refractivity contribution in [2.45, 2.75) is 38.3 Å². The molecule has 102 valence electrons. The molecule has 0 spiro atoms. The molecule has 0 amide bonds. The number of benzene rings is 1. The van der Waals surface area contributed by atoms with Crippen LogP contribution >= 0.6 is 11.6 Å². The SMILES string of the molecule is CCC(C)(C(O)Cc1cccc(Cl)c1F)N(C)C. The molecular weight excluding hydrogens is 253 g/mol. The van der Waals surface area contributed by atoms with E-state index in [0.29, 0.717) is 5.56 Å². The highest BCUT2D eigenvalue weighted by molar-refractivity contribution is 6.30. The predicted octanol–water partition coefficient (Wildman–Crippen LogP) is 3.11. The molecule has 0 heterocycles. The Bertz CT molecular complexity index is 411. The van der Waals surface area contributed by atoms with Gasteiger partial charge in [-0.05, 0) is 39.1 Å². The lowest BCUT2D eigenvalue weighted by Gasteiger charge is -2.40. The van der Waals surface area contributed by atoms with Gasteiger partial charge in [0.05, 0.1) is 11.1 Å². The summed E-state index contributed by atoms with van der Waals surface area (Å²) in [5.74, 6) is -0.435. The van der Waals surface area contributed by atoms with Crippen LogP contribution in [0.25, 0.3) is 0 Å². The lowest BCUT2D eigenvalue weighted by atomic mass is 9.86. The molecule has 0 aliphatic carbocycles. The Morgan fingerprint density at radius 2 is 2.06 bits per heavy atom. The normalized spacial score (nSPS) is 16.7. The molecular formula is C14H21ClFNO. The van der Waals surface area contributed by atoms with Crippen molar-refractivity contribution in [3.8, 4) is 0 Å². The Kier molecular flexibility index (Phi) is 5.14. The molecule has 4 heteroatoms. The van der Waals surface area contributed by atoms with Gasteiger partial charge in [-0.3, -0.25) is 0 Å². The Labute approximate surface area is 113 Å². The average molecular weight is 274 g/mol. The minimum absolute atomic E-state index is 0.0998. The van der Waals surface area contributed by atoms with Crippen LogP contribution in [0.3, 0.4) is 0 Å².